The van der Waals surface area contributed by atoms with Crippen LogP contribution in [0.4, 0.5) is 0 Å². The van der Waals surface area contributed by atoms with E-state index >= 15 is 0 Å². The minimum Gasteiger partial charge on any atom is -0.466 e. The molecule has 0 aromatic carbocycles. The highest BCUT2D eigenvalue weighted by atomic mass is 32.2. The van der Waals surface area contributed by atoms with E-state index in [-0.39, 0.29) is 42.2 Å². The first-order valence-electron chi connectivity index (χ1n) is 12.7. The fraction of sp³-hybridized carbons (Fsp3) is 0.875. The second-order valence-electron chi connectivity index (χ2n) is 10.3. The maximum absolute atomic E-state index is 13.9. The maximum atomic E-state index is 13.9. The third kappa shape index (κ3) is 4.58. The number of hydrogen-bond acceptors (Lipinski definition) is 8. The molecule has 4 saturated heterocycles. The smallest absolute Gasteiger partial charge is 0.310 e. The fourth-order valence-corrected chi connectivity index (χ4v) is 8.56. The van der Waals surface area contributed by atoms with E-state index in [0.29, 0.717) is 32.6 Å². The largest absolute Gasteiger partial charge is 0.466 e. The van der Waals surface area contributed by atoms with E-state index in [0.717, 1.165) is 26.1 Å². The number of nitrogens with zero attached hydrogens (tertiary/aromatic N) is 2. The second kappa shape index (κ2) is 10.7. The summed E-state index contributed by atoms with van der Waals surface area (Å²) in [6.45, 7) is 10.2. The molecule has 6 atom stereocenters. The molecule has 2 bridgehead atoms. The van der Waals surface area contributed by atoms with Gasteiger partial charge in [0, 0.05) is 31.4 Å². The van der Waals surface area contributed by atoms with Gasteiger partial charge in [0.2, 0.25) is 11.8 Å². The molecule has 0 aromatic heterocycles. The lowest BCUT2D eigenvalue weighted by Gasteiger charge is -2.37. The van der Waals surface area contributed by atoms with Crippen molar-refractivity contribution in [1.82, 2.24) is 15.1 Å². The Balaban J connectivity index is 1.58. The molecule has 4 fully saturated rings. The van der Waals surface area contributed by atoms with Crippen LogP contribution in [0, 0.1) is 17.8 Å². The van der Waals surface area contributed by atoms with Gasteiger partial charge in [0.1, 0.15) is 6.04 Å². The van der Waals surface area contributed by atoms with Gasteiger partial charge in [0.15, 0.2) is 0 Å². The Morgan fingerprint density at radius 2 is 2.06 bits per heavy atom. The number of thioether (sulfide) groups is 1. The zero-order valence-corrected chi connectivity index (χ0v) is 21.3. The number of nitrogens with one attached hydrogen (secondary N) is 1. The van der Waals surface area contributed by atoms with E-state index in [1.165, 1.54) is 0 Å². The van der Waals surface area contributed by atoms with Gasteiger partial charge in [-0.15, -0.1) is 11.8 Å². The molecule has 2 unspecified atom stereocenters. The van der Waals surface area contributed by atoms with Crippen molar-refractivity contribution >= 4 is 29.5 Å². The van der Waals surface area contributed by atoms with E-state index in [4.69, 9.17) is 9.47 Å². The summed E-state index contributed by atoms with van der Waals surface area (Å²) in [4.78, 5) is 44.4. The minimum atomic E-state index is -0.694. The van der Waals surface area contributed by atoms with Gasteiger partial charge in [-0.3, -0.25) is 19.3 Å². The van der Waals surface area contributed by atoms with Crippen LogP contribution in [-0.2, 0) is 23.9 Å². The summed E-state index contributed by atoms with van der Waals surface area (Å²) >= 11 is 1.63. The molecule has 192 valence electrons. The summed E-state index contributed by atoms with van der Waals surface area (Å²) in [6, 6.07) is -1.15. The predicted octanol–water partition coefficient (Wildman–Crippen LogP) is 0.496. The molecule has 0 radical (unpaired) electrons. The molecule has 4 aliphatic heterocycles. The van der Waals surface area contributed by atoms with Crippen molar-refractivity contribution in [2.45, 2.75) is 62.1 Å². The highest BCUT2D eigenvalue weighted by Crippen LogP contribution is 2.66. The summed E-state index contributed by atoms with van der Waals surface area (Å²) in [5.74, 6) is -1.55. The van der Waals surface area contributed by atoms with Crippen molar-refractivity contribution in [3.8, 4) is 0 Å². The SMILES string of the molecule is CCOC(=O)[C@@H]1[C@@H]2CCC3(S2)C(C(=O)NCCN2CCOCC2)N([C@@H](CO)CC(C)C)C(=O)[C@H]13. The molecule has 4 rings (SSSR count). The van der Waals surface area contributed by atoms with Crippen LogP contribution in [-0.4, -0.2) is 107 Å². The molecular formula is C24H39N3O6S. The van der Waals surface area contributed by atoms with Crippen LogP contribution in [0.1, 0.15) is 40.0 Å². The predicted molar refractivity (Wildman–Crippen MR) is 128 cm³/mol. The maximum Gasteiger partial charge on any atom is 0.310 e. The van der Waals surface area contributed by atoms with Crippen LogP contribution in [0.5, 0.6) is 0 Å². The van der Waals surface area contributed by atoms with Crippen molar-refractivity contribution in [2.24, 2.45) is 17.8 Å². The monoisotopic (exact) mass is 497 g/mol. The normalized spacial score (nSPS) is 33.9. The topological polar surface area (TPSA) is 108 Å². The number of likely N-dealkylation sites (tertiary alicyclic amines) is 1. The number of amides is 2. The van der Waals surface area contributed by atoms with Gasteiger partial charge in [-0.05, 0) is 32.1 Å². The Morgan fingerprint density at radius 3 is 2.71 bits per heavy atom. The Bertz CT molecular complexity index is 776. The number of carbonyl (C=O) groups excluding carboxylic acids is 3. The quantitative estimate of drug-likeness (QED) is 0.420. The molecule has 4 heterocycles. The number of fused-ring (bicyclic) bond motifs is 1. The summed E-state index contributed by atoms with van der Waals surface area (Å²) in [5, 5.41) is 13.3. The number of hydrogen-bond donors (Lipinski definition) is 2. The Kier molecular flexibility index (Phi) is 8.11. The standard InChI is InChI=1S/C24H39N3O6S/c1-4-33-23(31)18-17-5-6-24(34-17)19(18)22(30)27(16(14-28)13-15(2)3)20(24)21(29)25-7-8-26-9-11-32-12-10-26/h15-20,28H,4-14H2,1-3H3,(H,25,29)/t16-,17+,18-,19+,20?,24?/m1/s1. The van der Waals surface area contributed by atoms with E-state index in [1.807, 2.05) is 13.8 Å². The summed E-state index contributed by atoms with van der Waals surface area (Å²) in [5.41, 5.74) is 0. The van der Waals surface area contributed by atoms with Crippen molar-refractivity contribution < 1.29 is 29.0 Å². The summed E-state index contributed by atoms with van der Waals surface area (Å²) in [7, 11) is 0. The van der Waals surface area contributed by atoms with Crippen molar-refractivity contribution in [1.29, 1.82) is 0 Å². The first-order chi connectivity index (χ1) is 16.3. The molecule has 4 aliphatic rings. The summed E-state index contributed by atoms with van der Waals surface area (Å²) < 4.78 is 10.1. The van der Waals surface area contributed by atoms with Crippen molar-refractivity contribution in [3.05, 3.63) is 0 Å². The van der Waals surface area contributed by atoms with Gasteiger partial charge in [-0.1, -0.05) is 13.8 Å². The van der Waals surface area contributed by atoms with E-state index < -0.39 is 28.7 Å². The fourth-order valence-electron chi connectivity index (χ4n) is 6.37. The second-order valence-corrected chi connectivity index (χ2v) is 11.9. The van der Waals surface area contributed by atoms with Crippen LogP contribution in [0.15, 0.2) is 0 Å². The molecule has 0 saturated carbocycles. The number of aliphatic hydroxyl groups excluding tert-OH is 1. The Labute approximate surface area is 206 Å². The van der Waals surface area contributed by atoms with Crippen LogP contribution >= 0.6 is 11.8 Å². The third-order valence-corrected chi connectivity index (χ3v) is 9.68. The lowest BCUT2D eigenvalue weighted by molar-refractivity contribution is -0.154. The molecular weight excluding hydrogens is 458 g/mol. The number of esters is 1. The van der Waals surface area contributed by atoms with E-state index in [1.54, 1.807) is 23.6 Å². The molecule has 2 N–H and O–H groups in total. The first-order valence-corrected chi connectivity index (χ1v) is 13.6. The molecule has 10 heteroatoms. The van der Waals surface area contributed by atoms with E-state index in [2.05, 4.69) is 10.2 Å². The zero-order chi connectivity index (χ0) is 24.5. The minimum absolute atomic E-state index is 0.00326. The average molecular weight is 498 g/mol. The number of rotatable bonds is 10. The van der Waals surface area contributed by atoms with Crippen molar-refractivity contribution in [2.75, 3.05) is 52.6 Å². The Morgan fingerprint density at radius 1 is 1.32 bits per heavy atom. The molecule has 0 aromatic rings. The van der Waals surface area contributed by atoms with E-state index in [9.17, 15) is 19.5 Å². The number of morpholine rings is 1. The zero-order valence-electron chi connectivity index (χ0n) is 20.5. The number of aliphatic hydroxyl groups is 1. The molecule has 34 heavy (non-hydrogen) atoms. The van der Waals surface area contributed by atoms with Crippen LogP contribution in [0.2, 0.25) is 0 Å². The molecule has 2 amide bonds. The van der Waals surface area contributed by atoms with Crippen LogP contribution < -0.4 is 5.32 Å². The lowest BCUT2D eigenvalue weighted by Crippen LogP contribution is -2.57. The average Bonchev–Trinajstić information content (AvgIpc) is 3.45. The highest BCUT2D eigenvalue weighted by Gasteiger charge is 2.74. The molecule has 1 spiro atoms. The van der Waals surface area contributed by atoms with Gasteiger partial charge in [0.25, 0.3) is 0 Å². The summed E-state index contributed by atoms with van der Waals surface area (Å²) in [6.07, 6.45) is 2.10. The van der Waals surface area contributed by atoms with Gasteiger partial charge < -0.3 is 24.8 Å². The van der Waals surface area contributed by atoms with Gasteiger partial charge in [-0.2, -0.15) is 0 Å². The molecule has 9 nitrogen and oxygen atoms in total. The Hall–Kier alpha value is -1.36. The lowest BCUT2D eigenvalue weighted by atomic mass is 9.71. The van der Waals surface area contributed by atoms with Gasteiger partial charge >= 0.3 is 5.97 Å². The van der Waals surface area contributed by atoms with Crippen LogP contribution in [0.25, 0.3) is 0 Å². The highest BCUT2D eigenvalue weighted by molar-refractivity contribution is 8.02. The van der Waals surface area contributed by atoms with Gasteiger partial charge in [0.05, 0.1) is 49.1 Å². The molecule has 0 aliphatic carbocycles. The van der Waals surface area contributed by atoms with Gasteiger partial charge in [-0.25, -0.2) is 0 Å². The first kappa shape index (κ1) is 25.7. The van der Waals surface area contributed by atoms with Crippen LogP contribution in [0.3, 0.4) is 0 Å². The third-order valence-electron chi connectivity index (χ3n) is 7.72. The number of carbonyl (C=O) groups is 3. The van der Waals surface area contributed by atoms with Crippen molar-refractivity contribution in [3.63, 3.8) is 0 Å². The number of ether oxygens (including phenoxy) is 2.